The standard InChI is InChI=1S/C17H21N3O2/c21-16-10-15(12-19-8-2-1-3-9-19)20(13-17(16)22)11-14-4-6-18-7-5-14/h4-7,10,13,22H,1-3,8-9,11-12H2. The van der Waals surface area contributed by atoms with Crippen LogP contribution in [0.1, 0.15) is 30.5 Å². The van der Waals surface area contributed by atoms with Crippen LogP contribution in [0.5, 0.6) is 5.75 Å². The summed E-state index contributed by atoms with van der Waals surface area (Å²) in [5.74, 6) is -0.198. The Bertz CT molecular complexity index is 676. The third kappa shape index (κ3) is 3.54. The zero-order valence-corrected chi connectivity index (χ0v) is 12.6. The number of hydrogen-bond acceptors (Lipinski definition) is 4. The second kappa shape index (κ2) is 6.75. The molecule has 2 aromatic rings. The number of piperidine rings is 1. The minimum absolute atomic E-state index is 0.198. The van der Waals surface area contributed by atoms with E-state index in [0.717, 1.165) is 30.9 Å². The lowest BCUT2D eigenvalue weighted by Gasteiger charge is -2.27. The van der Waals surface area contributed by atoms with Crippen LogP contribution in [-0.2, 0) is 13.1 Å². The molecular weight excluding hydrogens is 278 g/mol. The number of hydrogen-bond donors (Lipinski definition) is 1. The molecule has 5 heteroatoms. The molecule has 3 heterocycles. The zero-order chi connectivity index (χ0) is 15.4. The molecule has 3 rings (SSSR count). The van der Waals surface area contributed by atoms with Crippen molar-refractivity contribution in [1.82, 2.24) is 14.5 Å². The van der Waals surface area contributed by atoms with Crippen molar-refractivity contribution in [3.05, 3.63) is 58.3 Å². The van der Waals surface area contributed by atoms with Crippen molar-refractivity contribution < 1.29 is 5.11 Å². The highest BCUT2D eigenvalue weighted by molar-refractivity contribution is 5.22. The van der Waals surface area contributed by atoms with Gasteiger partial charge in [0, 0.05) is 37.2 Å². The molecule has 2 aromatic heterocycles. The largest absolute Gasteiger partial charge is 0.503 e. The summed E-state index contributed by atoms with van der Waals surface area (Å²) in [7, 11) is 0. The molecule has 22 heavy (non-hydrogen) atoms. The molecule has 116 valence electrons. The highest BCUT2D eigenvalue weighted by atomic mass is 16.3. The van der Waals surface area contributed by atoms with E-state index in [1.165, 1.54) is 19.3 Å². The minimum atomic E-state index is -0.307. The number of aromatic nitrogens is 2. The molecule has 0 aromatic carbocycles. The van der Waals surface area contributed by atoms with E-state index in [9.17, 15) is 9.90 Å². The van der Waals surface area contributed by atoms with Crippen molar-refractivity contribution in [2.24, 2.45) is 0 Å². The summed E-state index contributed by atoms with van der Waals surface area (Å²) in [4.78, 5) is 18.2. The first-order chi connectivity index (χ1) is 10.7. The Kier molecular flexibility index (Phi) is 4.53. The van der Waals surface area contributed by atoms with Gasteiger partial charge in [-0.05, 0) is 43.6 Å². The van der Waals surface area contributed by atoms with Gasteiger partial charge in [0.2, 0.25) is 5.43 Å². The van der Waals surface area contributed by atoms with Crippen LogP contribution in [0.25, 0.3) is 0 Å². The summed E-state index contributed by atoms with van der Waals surface area (Å²) in [5.41, 5.74) is 1.73. The van der Waals surface area contributed by atoms with Gasteiger partial charge in [0.1, 0.15) is 0 Å². The monoisotopic (exact) mass is 299 g/mol. The van der Waals surface area contributed by atoms with E-state index in [1.807, 2.05) is 16.7 Å². The Hall–Kier alpha value is -2.14. The van der Waals surface area contributed by atoms with Crippen LogP contribution >= 0.6 is 0 Å². The summed E-state index contributed by atoms with van der Waals surface area (Å²) in [6.45, 7) is 3.52. The first kappa shape index (κ1) is 14.8. The second-order valence-electron chi connectivity index (χ2n) is 5.83. The Labute approximate surface area is 129 Å². The van der Waals surface area contributed by atoms with Gasteiger partial charge in [0.05, 0.1) is 6.20 Å². The minimum Gasteiger partial charge on any atom is -0.503 e. The second-order valence-corrected chi connectivity index (χ2v) is 5.83. The molecule has 0 saturated carbocycles. The van der Waals surface area contributed by atoms with Gasteiger partial charge in [0.15, 0.2) is 5.75 Å². The van der Waals surface area contributed by atoms with Crippen LogP contribution in [-0.4, -0.2) is 32.6 Å². The highest BCUT2D eigenvalue weighted by Gasteiger charge is 2.14. The lowest BCUT2D eigenvalue weighted by Crippen LogP contribution is -2.31. The SMILES string of the molecule is O=c1cc(CN2CCCCC2)n(Cc2ccncc2)cc1O. The van der Waals surface area contributed by atoms with Gasteiger partial charge in [0.25, 0.3) is 0 Å². The molecule has 1 saturated heterocycles. The average Bonchev–Trinajstić information content (AvgIpc) is 2.54. The molecule has 0 unspecified atom stereocenters. The predicted molar refractivity (Wildman–Crippen MR) is 84.8 cm³/mol. The number of rotatable bonds is 4. The molecule has 0 aliphatic carbocycles. The molecule has 0 bridgehead atoms. The summed E-state index contributed by atoms with van der Waals surface area (Å²) in [6.07, 6.45) is 8.77. The molecule has 1 N–H and O–H groups in total. The van der Waals surface area contributed by atoms with Crippen LogP contribution in [0.2, 0.25) is 0 Å². The van der Waals surface area contributed by atoms with Gasteiger partial charge in [-0.2, -0.15) is 0 Å². The van der Waals surface area contributed by atoms with Crippen LogP contribution in [0.4, 0.5) is 0 Å². The van der Waals surface area contributed by atoms with Crippen LogP contribution in [0.3, 0.4) is 0 Å². The van der Waals surface area contributed by atoms with Crippen molar-refractivity contribution in [3.63, 3.8) is 0 Å². The van der Waals surface area contributed by atoms with Crippen LogP contribution in [0, 0.1) is 0 Å². The molecule has 0 spiro atoms. The van der Waals surface area contributed by atoms with E-state index in [4.69, 9.17) is 0 Å². The van der Waals surface area contributed by atoms with Gasteiger partial charge in [-0.15, -0.1) is 0 Å². The van der Waals surface area contributed by atoms with Crippen molar-refractivity contribution in [2.45, 2.75) is 32.4 Å². The normalized spacial score (nSPS) is 15.8. The molecule has 5 nitrogen and oxygen atoms in total. The summed E-state index contributed by atoms with van der Waals surface area (Å²) in [5, 5.41) is 9.75. The first-order valence-electron chi connectivity index (χ1n) is 7.76. The lowest BCUT2D eigenvalue weighted by molar-refractivity contribution is 0.215. The Morgan fingerprint density at radius 3 is 2.55 bits per heavy atom. The van der Waals surface area contributed by atoms with Gasteiger partial charge in [-0.25, -0.2) is 0 Å². The number of likely N-dealkylation sites (tertiary alicyclic amines) is 1. The predicted octanol–water partition coefficient (Wildman–Crippen LogP) is 1.98. The van der Waals surface area contributed by atoms with Gasteiger partial charge in [-0.1, -0.05) is 6.42 Å². The fraction of sp³-hybridized carbons (Fsp3) is 0.412. The maximum absolute atomic E-state index is 11.8. The van der Waals surface area contributed by atoms with E-state index in [1.54, 1.807) is 24.7 Å². The van der Waals surface area contributed by atoms with E-state index >= 15 is 0 Å². The molecule has 0 atom stereocenters. The van der Waals surface area contributed by atoms with E-state index in [0.29, 0.717) is 6.54 Å². The lowest BCUT2D eigenvalue weighted by atomic mass is 10.1. The fourth-order valence-corrected chi connectivity index (χ4v) is 2.92. The van der Waals surface area contributed by atoms with Crippen LogP contribution < -0.4 is 5.43 Å². The summed E-state index contributed by atoms with van der Waals surface area (Å²) < 4.78 is 1.96. The highest BCUT2D eigenvalue weighted by Crippen LogP contribution is 2.15. The number of pyridine rings is 2. The molecule has 0 amide bonds. The van der Waals surface area contributed by atoms with Crippen molar-refractivity contribution >= 4 is 0 Å². The summed E-state index contributed by atoms with van der Waals surface area (Å²) in [6, 6.07) is 5.45. The van der Waals surface area contributed by atoms with Crippen LogP contribution in [0.15, 0.2) is 41.6 Å². The van der Waals surface area contributed by atoms with Gasteiger partial charge in [-0.3, -0.25) is 14.7 Å². The smallest absolute Gasteiger partial charge is 0.223 e. The Morgan fingerprint density at radius 2 is 1.82 bits per heavy atom. The third-order valence-electron chi connectivity index (χ3n) is 4.13. The maximum atomic E-state index is 11.8. The number of nitrogens with zero attached hydrogens (tertiary/aromatic N) is 3. The van der Waals surface area contributed by atoms with E-state index in [2.05, 4.69) is 9.88 Å². The Morgan fingerprint density at radius 1 is 1.09 bits per heavy atom. The van der Waals surface area contributed by atoms with E-state index in [-0.39, 0.29) is 11.2 Å². The zero-order valence-electron chi connectivity index (χ0n) is 12.6. The molecule has 1 aliphatic heterocycles. The Balaban J connectivity index is 1.86. The molecular formula is C17H21N3O2. The van der Waals surface area contributed by atoms with Gasteiger partial charge < -0.3 is 9.67 Å². The first-order valence-corrected chi connectivity index (χ1v) is 7.76. The van der Waals surface area contributed by atoms with Crippen molar-refractivity contribution in [3.8, 4) is 5.75 Å². The van der Waals surface area contributed by atoms with Gasteiger partial charge >= 0.3 is 0 Å². The molecule has 1 fully saturated rings. The topological polar surface area (TPSA) is 58.4 Å². The quantitative estimate of drug-likeness (QED) is 0.938. The van der Waals surface area contributed by atoms with E-state index < -0.39 is 0 Å². The summed E-state index contributed by atoms with van der Waals surface area (Å²) >= 11 is 0. The average molecular weight is 299 g/mol. The van der Waals surface area contributed by atoms with Crippen molar-refractivity contribution in [1.29, 1.82) is 0 Å². The fourth-order valence-electron chi connectivity index (χ4n) is 2.92. The number of aromatic hydroxyl groups is 1. The molecule has 0 radical (unpaired) electrons. The third-order valence-corrected chi connectivity index (χ3v) is 4.13. The van der Waals surface area contributed by atoms with Crippen molar-refractivity contribution in [2.75, 3.05) is 13.1 Å². The maximum Gasteiger partial charge on any atom is 0.223 e. The molecule has 1 aliphatic rings.